The Morgan fingerprint density at radius 2 is 2.14 bits per heavy atom. The van der Waals surface area contributed by atoms with Gasteiger partial charge in [-0.15, -0.1) is 0 Å². The van der Waals surface area contributed by atoms with Crippen molar-refractivity contribution in [2.24, 2.45) is 0 Å². The molecule has 1 aromatic carbocycles. The number of carbonyl (C=O) groups is 2. The van der Waals surface area contributed by atoms with Crippen LogP contribution < -0.4 is 5.32 Å². The van der Waals surface area contributed by atoms with Crippen molar-refractivity contribution in [3.63, 3.8) is 0 Å². The van der Waals surface area contributed by atoms with Gasteiger partial charge < -0.3 is 10.2 Å². The SMILES string of the molecule is N#Cc1ccc(NC(=O)C(=O)N2CCCSCC2)cc1Cl. The first-order valence-corrected chi connectivity index (χ1v) is 8.02. The Balaban J connectivity index is 2.02. The Morgan fingerprint density at radius 3 is 2.86 bits per heavy atom. The molecule has 1 saturated heterocycles. The molecule has 1 heterocycles. The fourth-order valence-corrected chi connectivity index (χ4v) is 3.07. The number of thioether (sulfide) groups is 1. The van der Waals surface area contributed by atoms with Crippen molar-refractivity contribution in [1.82, 2.24) is 4.90 Å². The molecular weight excluding hydrogens is 310 g/mol. The zero-order valence-electron chi connectivity index (χ0n) is 11.3. The third kappa shape index (κ3) is 4.13. The minimum absolute atomic E-state index is 0.244. The molecule has 1 aliphatic rings. The van der Waals surface area contributed by atoms with Crippen LogP contribution in [0.2, 0.25) is 5.02 Å². The summed E-state index contributed by atoms with van der Waals surface area (Å²) in [5, 5.41) is 11.6. The van der Waals surface area contributed by atoms with E-state index in [2.05, 4.69) is 5.32 Å². The molecule has 0 saturated carbocycles. The summed E-state index contributed by atoms with van der Waals surface area (Å²) in [4.78, 5) is 25.6. The van der Waals surface area contributed by atoms with Crippen LogP contribution in [0.1, 0.15) is 12.0 Å². The van der Waals surface area contributed by atoms with Crippen molar-refractivity contribution < 1.29 is 9.59 Å². The van der Waals surface area contributed by atoms with E-state index in [1.807, 2.05) is 6.07 Å². The number of nitrogens with one attached hydrogen (secondary N) is 1. The van der Waals surface area contributed by atoms with Gasteiger partial charge in [0, 0.05) is 24.5 Å². The first kappa shape index (κ1) is 15.7. The van der Waals surface area contributed by atoms with E-state index in [0.29, 0.717) is 24.3 Å². The van der Waals surface area contributed by atoms with Crippen molar-refractivity contribution in [2.45, 2.75) is 6.42 Å². The summed E-state index contributed by atoms with van der Waals surface area (Å²) < 4.78 is 0. The molecule has 0 aliphatic carbocycles. The second-order valence-electron chi connectivity index (χ2n) is 4.52. The van der Waals surface area contributed by atoms with Gasteiger partial charge in [0.2, 0.25) is 0 Å². The van der Waals surface area contributed by atoms with E-state index in [1.54, 1.807) is 22.7 Å². The fraction of sp³-hybridized carbons (Fsp3) is 0.357. The zero-order chi connectivity index (χ0) is 15.2. The maximum Gasteiger partial charge on any atom is 0.313 e. The van der Waals surface area contributed by atoms with Gasteiger partial charge in [-0.1, -0.05) is 11.6 Å². The Kier molecular flexibility index (Phi) is 5.48. The minimum atomic E-state index is -0.678. The van der Waals surface area contributed by atoms with E-state index >= 15 is 0 Å². The molecule has 5 nitrogen and oxygen atoms in total. The van der Waals surface area contributed by atoms with Gasteiger partial charge in [0.05, 0.1) is 10.6 Å². The standard InChI is InChI=1S/C14H14ClN3O2S/c15-12-8-11(3-2-10(12)9-16)17-13(19)14(20)18-4-1-6-21-7-5-18/h2-3,8H,1,4-7H2,(H,17,19). The van der Waals surface area contributed by atoms with Gasteiger partial charge in [0.1, 0.15) is 6.07 Å². The van der Waals surface area contributed by atoms with Crippen molar-refractivity contribution in [3.8, 4) is 6.07 Å². The summed E-state index contributed by atoms with van der Waals surface area (Å²) >= 11 is 7.68. The molecule has 0 aromatic heterocycles. The lowest BCUT2D eigenvalue weighted by atomic mass is 10.2. The monoisotopic (exact) mass is 323 g/mol. The number of halogens is 1. The number of hydrogen-bond acceptors (Lipinski definition) is 4. The number of benzene rings is 1. The smallest absolute Gasteiger partial charge is 0.313 e. The molecule has 2 amide bonds. The Labute approximate surface area is 132 Å². The van der Waals surface area contributed by atoms with Crippen LogP contribution in [0.15, 0.2) is 18.2 Å². The highest BCUT2D eigenvalue weighted by atomic mass is 35.5. The zero-order valence-corrected chi connectivity index (χ0v) is 12.8. The molecular formula is C14H14ClN3O2S. The van der Waals surface area contributed by atoms with Crippen LogP contribution in [0.3, 0.4) is 0 Å². The lowest BCUT2D eigenvalue weighted by Gasteiger charge is -2.19. The fourth-order valence-electron chi connectivity index (χ4n) is 1.96. The van der Waals surface area contributed by atoms with Crippen LogP contribution in [0, 0.1) is 11.3 Å². The first-order valence-electron chi connectivity index (χ1n) is 6.49. The summed E-state index contributed by atoms with van der Waals surface area (Å²) in [5.41, 5.74) is 0.729. The van der Waals surface area contributed by atoms with E-state index in [4.69, 9.17) is 16.9 Å². The molecule has 110 valence electrons. The van der Waals surface area contributed by atoms with Crippen molar-refractivity contribution in [2.75, 3.05) is 29.9 Å². The lowest BCUT2D eigenvalue weighted by molar-refractivity contribution is -0.142. The second kappa shape index (κ2) is 7.34. The Hall–Kier alpha value is -1.71. The molecule has 0 unspecified atom stereocenters. The van der Waals surface area contributed by atoms with Gasteiger partial charge in [-0.05, 0) is 30.4 Å². The molecule has 1 fully saturated rings. The summed E-state index contributed by atoms with van der Waals surface area (Å²) in [6.07, 6.45) is 0.895. The highest BCUT2D eigenvalue weighted by Crippen LogP contribution is 2.20. The van der Waals surface area contributed by atoms with Crippen LogP contribution in [-0.2, 0) is 9.59 Å². The van der Waals surface area contributed by atoms with Crippen molar-refractivity contribution >= 4 is 40.9 Å². The molecule has 7 heteroatoms. The average Bonchev–Trinajstić information content (AvgIpc) is 2.75. The van der Waals surface area contributed by atoms with Crippen molar-refractivity contribution in [3.05, 3.63) is 28.8 Å². The number of amides is 2. The third-order valence-electron chi connectivity index (χ3n) is 3.05. The first-order chi connectivity index (χ1) is 10.1. The number of nitriles is 1. The molecule has 0 spiro atoms. The number of nitrogens with zero attached hydrogens (tertiary/aromatic N) is 2. The maximum atomic E-state index is 12.1. The number of rotatable bonds is 1. The van der Waals surface area contributed by atoms with Gasteiger partial charge in [-0.3, -0.25) is 9.59 Å². The predicted octanol–water partition coefficient (Wildman–Crippen LogP) is 2.12. The third-order valence-corrected chi connectivity index (χ3v) is 4.41. The van der Waals surface area contributed by atoms with Crippen LogP contribution in [0.25, 0.3) is 0 Å². The van der Waals surface area contributed by atoms with Gasteiger partial charge in [-0.2, -0.15) is 17.0 Å². The van der Waals surface area contributed by atoms with Crippen molar-refractivity contribution in [1.29, 1.82) is 5.26 Å². The number of carbonyl (C=O) groups excluding carboxylic acids is 2. The molecule has 0 atom stereocenters. The molecule has 0 bridgehead atoms. The molecule has 2 rings (SSSR count). The molecule has 21 heavy (non-hydrogen) atoms. The summed E-state index contributed by atoms with van der Waals surface area (Å²) in [5.74, 6) is 0.652. The normalized spacial score (nSPS) is 15.0. The van der Waals surface area contributed by atoms with Gasteiger partial charge in [0.15, 0.2) is 0 Å². The van der Waals surface area contributed by atoms with Crippen LogP contribution in [0.4, 0.5) is 5.69 Å². The highest BCUT2D eigenvalue weighted by molar-refractivity contribution is 7.99. The molecule has 0 radical (unpaired) electrons. The highest BCUT2D eigenvalue weighted by Gasteiger charge is 2.22. The minimum Gasteiger partial charge on any atom is -0.334 e. The number of anilines is 1. The average molecular weight is 324 g/mol. The molecule has 1 N–H and O–H groups in total. The summed E-state index contributed by atoms with van der Waals surface area (Å²) in [6, 6.07) is 6.45. The lowest BCUT2D eigenvalue weighted by Crippen LogP contribution is -2.40. The quantitative estimate of drug-likeness (QED) is 0.803. The van der Waals surface area contributed by atoms with Crippen LogP contribution in [-0.4, -0.2) is 41.3 Å². The predicted molar refractivity (Wildman–Crippen MR) is 83.3 cm³/mol. The second-order valence-corrected chi connectivity index (χ2v) is 6.15. The topological polar surface area (TPSA) is 73.2 Å². The Morgan fingerprint density at radius 1 is 1.33 bits per heavy atom. The van der Waals surface area contributed by atoms with Crippen LogP contribution in [0.5, 0.6) is 0 Å². The van der Waals surface area contributed by atoms with Gasteiger partial charge in [0.25, 0.3) is 0 Å². The van der Waals surface area contributed by atoms with E-state index < -0.39 is 11.8 Å². The van der Waals surface area contributed by atoms with Gasteiger partial charge >= 0.3 is 11.8 Å². The van der Waals surface area contributed by atoms with E-state index in [0.717, 1.165) is 17.9 Å². The summed E-state index contributed by atoms with van der Waals surface area (Å²) in [6.45, 7) is 1.19. The van der Waals surface area contributed by atoms with E-state index in [1.165, 1.54) is 12.1 Å². The molecule has 1 aliphatic heterocycles. The Bertz CT molecular complexity index is 592. The van der Waals surface area contributed by atoms with Crippen LogP contribution >= 0.6 is 23.4 Å². The van der Waals surface area contributed by atoms with E-state index in [-0.39, 0.29) is 5.02 Å². The van der Waals surface area contributed by atoms with Gasteiger partial charge in [-0.25, -0.2) is 0 Å². The van der Waals surface area contributed by atoms with E-state index in [9.17, 15) is 9.59 Å². The maximum absolute atomic E-state index is 12.1. The summed E-state index contributed by atoms with van der Waals surface area (Å²) in [7, 11) is 0. The molecule has 1 aromatic rings. The number of hydrogen-bond donors (Lipinski definition) is 1. The largest absolute Gasteiger partial charge is 0.334 e.